The van der Waals surface area contributed by atoms with Crippen molar-refractivity contribution in [3.05, 3.63) is 36.4 Å². The van der Waals surface area contributed by atoms with Gasteiger partial charge in [0.2, 0.25) is 5.91 Å². The average molecular weight is 382 g/mol. The molecule has 4 rings (SSSR count). The highest BCUT2D eigenvalue weighted by Gasteiger charge is 2.30. The number of hydrogen-bond acceptors (Lipinski definition) is 6. The van der Waals surface area contributed by atoms with Gasteiger partial charge in [0.05, 0.1) is 31.9 Å². The number of rotatable bonds is 4. The third kappa shape index (κ3) is 4.09. The molecule has 0 aliphatic carbocycles. The van der Waals surface area contributed by atoms with E-state index in [1.807, 2.05) is 41.3 Å². The molecule has 28 heavy (non-hydrogen) atoms. The molecule has 1 aromatic heterocycles. The molecule has 0 N–H and O–H groups in total. The second kappa shape index (κ2) is 8.56. The van der Waals surface area contributed by atoms with E-state index in [0.717, 1.165) is 42.2 Å². The number of methoxy groups -OCH3 is 1. The molecule has 2 aromatic rings. The summed E-state index contributed by atoms with van der Waals surface area (Å²) < 4.78 is 10.6. The Morgan fingerprint density at radius 3 is 2.54 bits per heavy atom. The number of anilines is 1. The molecular weight excluding hydrogens is 356 g/mol. The molecule has 3 heterocycles. The van der Waals surface area contributed by atoms with Crippen molar-refractivity contribution in [2.75, 3.05) is 51.4 Å². The second-order valence-electron chi connectivity index (χ2n) is 7.23. The summed E-state index contributed by atoms with van der Waals surface area (Å²) in [4.78, 5) is 16.9. The minimum atomic E-state index is 0.0231. The first-order valence-electron chi connectivity index (χ1n) is 9.84. The van der Waals surface area contributed by atoms with Crippen LogP contribution in [0.5, 0.6) is 5.75 Å². The molecule has 2 saturated heterocycles. The summed E-state index contributed by atoms with van der Waals surface area (Å²) in [6.45, 7) is 4.29. The van der Waals surface area contributed by atoms with E-state index in [1.54, 1.807) is 7.11 Å². The number of piperidine rings is 1. The summed E-state index contributed by atoms with van der Waals surface area (Å²) >= 11 is 0. The van der Waals surface area contributed by atoms with Crippen LogP contribution in [0.4, 0.5) is 5.82 Å². The van der Waals surface area contributed by atoms with Crippen LogP contribution < -0.4 is 9.64 Å². The van der Waals surface area contributed by atoms with Crippen LogP contribution in [0.2, 0.25) is 0 Å². The van der Waals surface area contributed by atoms with Gasteiger partial charge in [-0.15, -0.1) is 10.2 Å². The van der Waals surface area contributed by atoms with Gasteiger partial charge < -0.3 is 19.3 Å². The summed E-state index contributed by atoms with van der Waals surface area (Å²) in [5.41, 5.74) is 1.82. The molecule has 148 valence electrons. The Bertz CT molecular complexity index is 788. The van der Waals surface area contributed by atoms with Crippen LogP contribution in [-0.4, -0.2) is 67.5 Å². The van der Waals surface area contributed by atoms with E-state index in [1.165, 1.54) is 0 Å². The van der Waals surface area contributed by atoms with Gasteiger partial charge in [-0.25, -0.2) is 0 Å². The van der Waals surface area contributed by atoms with Gasteiger partial charge in [-0.05, 0) is 49.2 Å². The second-order valence-corrected chi connectivity index (χ2v) is 7.23. The van der Waals surface area contributed by atoms with Crippen molar-refractivity contribution in [2.24, 2.45) is 5.92 Å². The Labute approximate surface area is 165 Å². The van der Waals surface area contributed by atoms with Crippen LogP contribution in [-0.2, 0) is 9.53 Å². The van der Waals surface area contributed by atoms with E-state index < -0.39 is 0 Å². The molecular formula is C21H26N4O3. The molecule has 0 saturated carbocycles. The van der Waals surface area contributed by atoms with Crippen molar-refractivity contribution in [3.63, 3.8) is 0 Å². The first-order valence-corrected chi connectivity index (χ1v) is 9.84. The summed E-state index contributed by atoms with van der Waals surface area (Å²) in [6, 6.07) is 11.8. The van der Waals surface area contributed by atoms with Gasteiger partial charge in [0.25, 0.3) is 0 Å². The molecule has 7 nitrogen and oxygen atoms in total. The number of carbonyl (C=O) groups excluding carboxylic acids is 1. The van der Waals surface area contributed by atoms with Crippen molar-refractivity contribution in [2.45, 2.75) is 12.8 Å². The van der Waals surface area contributed by atoms with Gasteiger partial charge in [-0.2, -0.15) is 0 Å². The number of morpholine rings is 1. The monoisotopic (exact) mass is 382 g/mol. The van der Waals surface area contributed by atoms with Gasteiger partial charge >= 0.3 is 0 Å². The normalized spacial score (nSPS) is 20.1. The van der Waals surface area contributed by atoms with Crippen molar-refractivity contribution in [1.82, 2.24) is 15.1 Å². The number of aromatic nitrogens is 2. The zero-order valence-corrected chi connectivity index (χ0v) is 16.2. The van der Waals surface area contributed by atoms with Crippen molar-refractivity contribution < 1.29 is 14.3 Å². The third-order valence-corrected chi connectivity index (χ3v) is 5.45. The Morgan fingerprint density at radius 1 is 1.07 bits per heavy atom. The number of nitrogens with zero attached hydrogens (tertiary/aromatic N) is 4. The Morgan fingerprint density at radius 2 is 1.86 bits per heavy atom. The largest absolute Gasteiger partial charge is 0.497 e. The first-order chi connectivity index (χ1) is 13.7. The van der Waals surface area contributed by atoms with Crippen LogP contribution in [0.1, 0.15) is 12.8 Å². The van der Waals surface area contributed by atoms with Crippen LogP contribution in [0.15, 0.2) is 36.4 Å². The van der Waals surface area contributed by atoms with E-state index in [9.17, 15) is 4.79 Å². The smallest absolute Gasteiger partial charge is 0.227 e. The molecule has 2 aliphatic heterocycles. The Balaban J connectivity index is 1.42. The quantitative estimate of drug-likeness (QED) is 0.808. The number of carbonyl (C=O) groups is 1. The summed E-state index contributed by atoms with van der Waals surface area (Å²) in [6.07, 6.45) is 1.92. The van der Waals surface area contributed by atoms with Crippen LogP contribution in [0.3, 0.4) is 0 Å². The lowest BCUT2D eigenvalue weighted by atomic mass is 9.96. The number of ether oxygens (including phenoxy) is 2. The molecule has 2 fully saturated rings. The maximum atomic E-state index is 12.8. The maximum Gasteiger partial charge on any atom is 0.227 e. The van der Waals surface area contributed by atoms with Gasteiger partial charge in [0.15, 0.2) is 5.82 Å². The SMILES string of the molecule is COc1ccc(-c2ccc(N3CCC[C@H](C(=O)N4CCOCC4)C3)nn2)cc1. The number of hydrogen-bond donors (Lipinski definition) is 0. The van der Waals surface area contributed by atoms with Crippen molar-refractivity contribution in [1.29, 1.82) is 0 Å². The van der Waals surface area contributed by atoms with E-state index in [2.05, 4.69) is 15.1 Å². The molecule has 7 heteroatoms. The fourth-order valence-electron chi connectivity index (χ4n) is 3.84. The standard InChI is InChI=1S/C21H26N4O3/c1-27-18-6-4-16(5-7-18)19-8-9-20(23-22-19)25-10-2-3-17(15-25)21(26)24-11-13-28-14-12-24/h4-9,17H,2-3,10-15H2,1H3/t17-/m0/s1. The van der Waals surface area contributed by atoms with E-state index in [0.29, 0.717) is 32.8 Å². The Kier molecular flexibility index (Phi) is 5.71. The fraction of sp³-hybridized carbons (Fsp3) is 0.476. The van der Waals surface area contributed by atoms with E-state index >= 15 is 0 Å². The highest BCUT2D eigenvalue weighted by molar-refractivity contribution is 5.80. The average Bonchev–Trinajstić information content (AvgIpc) is 2.79. The van der Waals surface area contributed by atoms with Crippen LogP contribution in [0.25, 0.3) is 11.3 Å². The zero-order valence-electron chi connectivity index (χ0n) is 16.2. The van der Waals surface area contributed by atoms with Gasteiger partial charge in [-0.1, -0.05) is 0 Å². The minimum Gasteiger partial charge on any atom is -0.497 e. The summed E-state index contributed by atoms with van der Waals surface area (Å²) in [7, 11) is 1.65. The lowest BCUT2D eigenvalue weighted by molar-refractivity contribution is -0.139. The zero-order chi connectivity index (χ0) is 19.3. The van der Waals surface area contributed by atoms with E-state index in [4.69, 9.17) is 9.47 Å². The highest BCUT2D eigenvalue weighted by Crippen LogP contribution is 2.25. The third-order valence-electron chi connectivity index (χ3n) is 5.45. The lowest BCUT2D eigenvalue weighted by Gasteiger charge is -2.36. The minimum absolute atomic E-state index is 0.0231. The molecule has 1 amide bonds. The number of benzene rings is 1. The van der Waals surface area contributed by atoms with Gasteiger partial charge in [0.1, 0.15) is 5.75 Å². The summed E-state index contributed by atoms with van der Waals surface area (Å²) in [5, 5.41) is 8.82. The van der Waals surface area contributed by atoms with Gasteiger partial charge in [-0.3, -0.25) is 4.79 Å². The van der Waals surface area contributed by atoms with E-state index in [-0.39, 0.29) is 11.8 Å². The van der Waals surface area contributed by atoms with Crippen molar-refractivity contribution >= 4 is 11.7 Å². The van der Waals surface area contributed by atoms with Crippen molar-refractivity contribution in [3.8, 4) is 17.0 Å². The van der Waals surface area contributed by atoms with Gasteiger partial charge in [0, 0.05) is 31.7 Å². The van der Waals surface area contributed by atoms with Crippen LogP contribution in [0, 0.1) is 5.92 Å². The highest BCUT2D eigenvalue weighted by atomic mass is 16.5. The Hall–Kier alpha value is -2.67. The molecule has 2 aliphatic rings. The topological polar surface area (TPSA) is 67.8 Å². The molecule has 1 atom stereocenters. The maximum absolute atomic E-state index is 12.8. The lowest BCUT2D eigenvalue weighted by Crippen LogP contribution is -2.48. The predicted molar refractivity (Wildman–Crippen MR) is 106 cm³/mol. The molecule has 0 radical (unpaired) electrons. The molecule has 1 aromatic carbocycles. The molecule has 0 bridgehead atoms. The number of amides is 1. The molecule has 0 spiro atoms. The summed E-state index contributed by atoms with van der Waals surface area (Å²) in [5.74, 6) is 1.92. The first kappa shape index (κ1) is 18.7. The fourth-order valence-corrected chi connectivity index (χ4v) is 3.84. The predicted octanol–water partition coefficient (Wildman–Crippen LogP) is 2.23. The van der Waals surface area contributed by atoms with Crippen LogP contribution >= 0.6 is 0 Å². The molecule has 0 unspecified atom stereocenters.